The van der Waals surface area contributed by atoms with E-state index in [0.29, 0.717) is 0 Å². The maximum Gasteiger partial charge on any atom is 0.0484 e. The van der Waals surface area contributed by atoms with Gasteiger partial charge in [0.05, 0.1) is 0 Å². The Morgan fingerprint density at radius 2 is 1.06 bits per heavy atom. The minimum atomic E-state index is 1.16. The van der Waals surface area contributed by atoms with E-state index in [2.05, 4.69) is 47.0 Å². The Balaban J connectivity index is 2.11. The van der Waals surface area contributed by atoms with E-state index in [1.165, 1.54) is 9.79 Å². The van der Waals surface area contributed by atoms with Gasteiger partial charge in [0, 0.05) is 35.3 Å². The Morgan fingerprint density at radius 3 is 1.44 bits per heavy atom. The second kappa shape index (κ2) is 6.61. The van der Waals surface area contributed by atoms with Crippen molar-refractivity contribution in [1.82, 2.24) is 0 Å². The Hall–Kier alpha value is -1.26. The molecule has 2 aromatic rings. The van der Waals surface area contributed by atoms with Crippen molar-refractivity contribution in [1.29, 1.82) is 0 Å². The number of nitrogens with one attached hydrogen (secondary N) is 2. The molecule has 18 heavy (non-hydrogen) atoms. The van der Waals surface area contributed by atoms with Crippen LogP contribution in [0.2, 0.25) is 0 Å². The maximum absolute atomic E-state index is 3.21. The first-order valence-electron chi connectivity index (χ1n) is 5.73. The van der Waals surface area contributed by atoms with Crippen LogP contribution in [0.3, 0.4) is 0 Å². The number of para-hydroxylation sites is 2. The zero-order valence-corrected chi connectivity index (χ0v) is 12.1. The first-order chi connectivity index (χ1) is 8.85. The second-order valence-corrected chi connectivity index (χ2v) is 5.87. The molecule has 0 amide bonds. The van der Waals surface area contributed by atoms with E-state index in [1.54, 1.807) is 21.6 Å². The average molecular weight is 276 g/mol. The molecule has 0 bridgehead atoms. The van der Waals surface area contributed by atoms with Gasteiger partial charge >= 0.3 is 0 Å². The van der Waals surface area contributed by atoms with Gasteiger partial charge in [0.15, 0.2) is 0 Å². The lowest BCUT2D eigenvalue weighted by Crippen LogP contribution is -1.90. The monoisotopic (exact) mass is 276 g/mol. The fourth-order valence-electron chi connectivity index (χ4n) is 1.58. The molecule has 0 heterocycles. The Morgan fingerprint density at radius 1 is 0.667 bits per heavy atom. The van der Waals surface area contributed by atoms with Crippen molar-refractivity contribution in [2.45, 2.75) is 9.79 Å². The highest BCUT2D eigenvalue weighted by Gasteiger charge is 2.04. The molecule has 0 aromatic heterocycles. The highest BCUT2D eigenvalue weighted by Crippen LogP contribution is 2.43. The van der Waals surface area contributed by atoms with Crippen LogP contribution in [-0.2, 0) is 0 Å². The molecule has 2 N–H and O–H groups in total. The summed E-state index contributed by atoms with van der Waals surface area (Å²) in [4.78, 5) is 2.49. The van der Waals surface area contributed by atoms with Gasteiger partial charge in [-0.25, -0.2) is 0 Å². The van der Waals surface area contributed by atoms with Crippen molar-refractivity contribution >= 4 is 33.0 Å². The highest BCUT2D eigenvalue weighted by molar-refractivity contribution is 8.76. The molecule has 0 saturated carbocycles. The van der Waals surface area contributed by atoms with E-state index >= 15 is 0 Å². The molecule has 0 unspecified atom stereocenters. The van der Waals surface area contributed by atoms with E-state index in [1.807, 2.05) is 26.2 Å². The molecule has 4 heteroatoms. The lowest BCUT2D eigenvalue weighted by molar-refractivity contribution is 1.38. The zero-order valence-electron chi connectivity index (χ0n) is 10.4. The minimum absolute atomic E-state index is 1.16. The van der Waals surface area contributed by atoms with Crippen molar-refractivity contribution in [3.63, 3.8) is 0 Å². The third-order valence-corrected chi connectivity index (χ3v) is 5.02. The van der Waals surface area contributed by atoms with Crippen LogP contribution in [0.15, 0.2) is 58.3 Å². The summed E-state index contributed by atoms with van der Waals surface area (Å²) in [6.45, 7) is 0. The third kappa shape index (κ3) is 3.15. The van der Waals surface area contributed by atoms with Crippen LogP contribution in [0.1, 0.15) is 0 Å². The van der Waals surface area contributed by atoms with Crippen molar-refractivity contribution < 1.29 is 0 Å². The lowest BCUT2D eigenvalue weighted by atomic mass is 10.3. The lowest BCUT2D eigenvalue weighted by Gasteiger charge is -2.10. The van der Waals surface area contributed by atoms with E-state index in [9.17, 15) is 0 Å². The predicted octanol–water partition coefficient (Wildman–Crippen LogP) is 4.57. The molecule has 2 nitrogen and oxygen atoms in total. The van der Waals surface area contributed by atoms with E-state index in [0.717, 1.165) is 11.4 Å². The summed E-state index contributed by atoms with van der Waals surface area (Å²) in [6.07, 6.45) is 0. The van der Waals surface area contributed by atoms with Gasteiger partial charge in [-0.1, -0.05) is 45.9 Å². The van der Waals surface area contributed by atoms with Crippen LogP contribution in [0, 0.1) is 0 Å². The average Bonchev–Trinajstić information content (AvgIpc) is 2.45. The molecule has 0 aliphatic heterocycles. The van der Waals surface area contributed by atoms with E-state index in [4.69, 9.17) is 0 Å². The van der Waals surface area contributed by atoms with Gasteiger partial charge in [0.25, 0.3) is 0 Å². The molecular weight excluding hydrogens is 260 g/mol. The number of anilines is 2. The highest BCUT2D eigenvalue weighted by atomic mass is 33.1. The Labute approximate surface area is 116 Å². The van der Waals surface area contributed by atoms with Gasteiger partial charge in [-0.05, 0) is 24.3 Å². The first kappa shape index (κ1) is 13.2. The van der Waals surface area contributed by atoms with Crippen molar-refractivity contribution in [2.24, 2.45) is 0 Å². The molecule has 0 aliphatic carbocycles. The SMILES string of the molecule is CNc1ccccc1SSc1ccccc1NC. The largest absolute Gasteiger partial charge is 0.387 e. The molecule has 0 atom stereocenters. The van der Waals surface area contributed by atoms with Crippen LogP contribution in [0.4, 0.5) is 11.4 Å². The van der Waals surface area contributed by atoms with E-state index in [-0.39, 0.29) is 0 Å². The van der Waals surface area contributed by atoms with Gasteiger partial charge in [-0.15, -0.1) is 0 Å². The molecule has 0 saturated heterocycles. The smallest absolute Gasteiger partial charge is 0.0484 e. The first-order valence-corrected chi connectivity index (χ1v) is 7.88. The fourth-order valence-corrected chi connectivity index (χ4v) is 3.96. The van der Waals surface area contributed by atoms with Gasteiger partial charge < -0.3 is 10.6 Å². The van der Waals surface area contributed by atoms with Gasteiger partial charge in [0.1, 0.15) is 0 Å². The van der Waals surface area contributed by atoms with Crippen molar-refractivity contribution in [3.05, 3.63) is 48.5 Å². The summed E-state index contributed by atoms with van der Waals surface area (Å²) >= 11 is 0. The van der Waals surface area contributed by atoms with Crippen LogP contribution in [0.5, 0.6) is 0 Å². The summed E-state index contributed by atoms with van der Waals surface area (Å²) in [6, 6.07) is 16.7. The van der Waals surface area contributed by atoms with E-state index < -0.39 is 0 Å². The number of hydrogen-bond donors (Lipinski definition) is 2. The van der Waals surface area contributed by atoms with Crippen LogP contribution in [-0.4, -0.2) is 14.1 Å². The number of hydrogen-bond acceptors (Lipinski definition) is 4. The van der Waals surface area contributed by atoms with Crippen molar-refractivity contribution in [3.8, 4) is 0 Å². The normalized spacial score (nSPS) is 10.1. The Kier molecular flexibility index (Phi) is 4.84. The van der Waals surface area contributed by atoms with Gasteiger partial charge in [-0.3, -0.25) is 0 Å². The quantitative estimate of drug-likeness (QED) is 0.781. The summed E-state index contributed by atoms with van der Waals surface area (Å²) in [5.41, 5.74) is 2.33. The molecule has 2 rings (SSSR count). The molecule has 0 fully saturated rings. The molecule has 2 aromatic carbocycles. The molecule has 0 aliphatic rings. The van der Waals surface area contributed by atoms with Gasteiger partial charge in [0.2, 0.25) is 0 Å². The molecular formula is C14H16N2S2. The summed E-state index contributed by atoms with van der Waals surface area (Å²) < 4.78 is 0. The minimum Gasteiger partial charge on any atom is -0.387 e. The van der Waals surface area contributed by atoms with Crippen LogP contribution < -0.4 is 10.6 Å². The molecule has 94 valence electrons. The number of benzene rings is 2. The topological polar surface area (TPSA) is 24.1 Å². The zero-order chi connectivity index (χ0) is 12.8. The second-order valence-electron chi connectivity index (χ2n) is 3.66. The number of rotatable bonds is 5. The third-order valence-electron chi connectivity index (χ3n) is 2.53. The fraction of sp³-hybridized carbons (Fsp3) is 0.143. The molecule has 0 radical (unpaired) electrons. The summed E-state index contributed by atoms with van der Waals surface area (Å²) in [5.74, 6) is 0. The standard InChI is InChI=1S/C14H16N2S2/c1-15-11-7-3-5-9-13(11)17-18-14-10-6-4-8-12(14)16-2/h3-10,15-16H,1-2H3. The van der Waals surface area contributed by atoms with Crippen LogP contribution >= 0.6 is 21.6 Å². The van der Waals surface area contributed by atoms with Crippen molar-refractivity contribution in [2.75, 3.05) is 24.7 Å². The van der Waals surface area contributed by atoms with Gasteiger partial charge in [-0.2, -0.15) is 0 Å². The summed E-state index contributed by atoms with van der Waals surface area (Å²) in [7, 11) is 7.44. The summed E-state index contributed by atoms with van der Waals surface area (Å²) in [5, 5.41) is 6.42. The maximum atomic E-state index is 3.21. The molecule has 0 spiro atoms. The van der Waals surface area contributed by atoms with Crippen LogP contribution in [0.25, 0.3) is 0 Å². The Bertz CT molecular complexity index is 467. The predicted molar refractivity (Wildman–Crippen MR) is 83.7 cm³/mol.